The molecule has 1 heterocycles. The van der Waals surface area contributed by atoms with E-state index in [1.807, 2.05) is 0 Å². The van der Waals surface area contributed by atoms with Crippen LogP contribution < -0.4 is 0 Å². The molecule has 0 aliphatic carbocycles. The average Bonchev–Trinajstić information content (AvgIpc) is 2.65. The van der Waals surface area contributed by atoms with E-state index in [2.05, 4.69) is 13.2 Å². The molecule has 1 aliphatic rings. The maximum absolute atomic E-state index is 13.7. The van der Waals surface area contributed by atoms with Gasteiger partial charge < -0.3 is 0 Å². The monoisotopic (exact) mass is 446 g/mol. The number of hydrogen-bond donors (Lipinski definition) is 0. The van der Waals surface area contributed by atoms with E-state index in [0.29, 0.717) is 11.1 Å². The Morgan fingerprint density at radius 2 is 1.57 bits per heavy atom. The van der Waals surface area contributed by atoms with Gasteiger partial charge in [-0.3, -0.25) is 0 Å². The number of hydrogen-bond acceptors (Lipinski definition) is 1. The number of fused-ring (bicyclic) bond motifs is 1. The number of alkyl halides is 7. The number of allylic oxidation sites excluding steroid dienone is 2. The molecule has 2 aromatic rings. The molecule has 160 valence electrons. The predicted molar refractivity (Wildman–Crippen MR) is 105 cm³/mol. The summed E-state index contributed by atoms with van der Waals surface area (Å²) in [5.41, 5.74) is 0.553. The van der Waals surface area contributed by atoms with Gasteiger partial charge in [0.15, 0.2) is 0 Å². The van der Waals surface area contributed by atoms with Gasteiger partial charge in [-0.05, 0) is 64.6 Å². The summed E-state index contributed by atoms with van der Waals surface area (Å²) in [4.78, 5) is 0.0471. The fourth-order valence-electron chi connectivity index (χ4n) is 3.19. The Bertz CT molecular complexity index is 989. The van der Waals surface area contributed by atoms with Crippen LogP contribution in [-0.2, 0) is 12.6 Å². The van der Waals surface area contributed by atoms with Crippen LogP contribution in [0.15, 0.2) is 60.5 Å². The first-order valence-corrected chi connectivity index (χ1v) is 9.73. The van der Waals surface area contributed by atoms with Crippen LogP contribution in [0.25, 0.3) is 11.1 Å². The highest BCUT2D eigenvalue weighted by Crippen LogP contribution is 2.53. The van der Waals surface area contributed by atoms with Crippen LogP contribution in [0.5, 0.6) is 0 Å². The molecule has 0 bridgehead atoms. The first-order valence-electron chi connectivity index (χ1n) is 8.92. The lowest BCUT2D eigenvalue weighted by molar-refractivity contribution is -0.153. The zero-order valence-electron chi connectivity index (χ0n) is 15.6. The molecule has 0 spiro atoms. The van der Waals surface area contributed by atoms with Gasteiger partial charge in [-0.2, -0.15) is 30.7 Å². The van der Waals surface area contributed by atoms with Crippen LogP contribution in [0.4, 0.5) is 30.7 Å². The first kappa shape index (κ1) is 22.5. The summed E-state index contributed by atoms with van der Waals surface area (Å²) >= 11 is -0.188. The fourth-order valence-corrected chi connectivity index (χ4v) is 4.14. The van der Waals surface area contributed by atoms with Crippen LogP contribution >= 0.6 is 11.8 Å². The third kappa shape index (κ3) is 4.43. The van der Waals surface area contributed by atoms with Crippen molar-refractivity contribution >= 4 is 22.9 Å². The highest BCUT2D eigenvalue weighted by atomic mass is 32.2. The molecule has 0 amide bonds. The normalized spacial score (nSPS) is 17.3. The van der Waals surface area contributed by atoms with E-state index in [9.17, 15) is 30.7 Å². The van der Waals surface area contributed by atoms with Gasteiger partial charge in [0, 0.05) is 11.3 Å². The molecule has 0 unspecified atom stereocenters. The molecule has 0 saturated heterocycles. The van der Waals surface area contributed by atoms with Crippen LogP contribution in [0.2, 0.25) is 0 Å². The Kier molecular flexibility index (Phi) is 5.84. The van der Waals surface area contributed by atoms with Gasteiger partial charge in [-0.25, -0.2) is 0 Å². The van der Waals surface area contributed by atoms with Crippen molar-refractivity contribution in [2.75, 3.05) is 0 Å². The number of benzene rings is 2. The van der Waals surface area contributed by atoms with Crippen molar-refractivity contribution in [1.29, 1.82) is 0 Å². The van der Waals surface area contributed by atoms with E-state index < -0.39 is 29.3 Å². The lowest BCUT2D eigenvalue weighted by Crippen LogP contribution is -2.42. The average molecular weight is 446 g/mol. The van der Waals surface area contributed by atoms with Crippen molar-refractivity contribution < 1.29 is 30.7 Å². The largest absolute Gasteiger partial charge is 0.416 e. The maximum atomic E-state index is 13.7. The Morgan fingerprint density at radius 3 is 2.23 bits per heavy atom. The molecule has 0 atom stereocenters. The predicted octanol–water partition coefficient (Wildman–Crippen LogP) is 8.09. The van der Waals surface area contributed by atoms with Crippen molar-refractivity contribution in [3.05, 3.63) is 77.9 Å². The zero-order chi connectivity index (χ0) is 22.3. The highest BCUT2D eigenvalue weighted by Gasteiger charge is 2.59. The standard InChI is InChI=1S/C22H17F7S/c1-13(7-8-14(2)17-5-3-4-6-18(17)21(25,26)27)15-9-10-16-12-20(23,24)22(28,29)30-19(16)11-15/h3-6,9-11H,1-2,7-8,12H2. The lowest BCUT2D eigenvalue weighted by atomic mass is 9.93. The smallest absolute Gasteiger partial charge is 0.198 e. The van der Waals surface area contributed by atoms with Crippen molar-refractivity contribution in [2.45, 2.75) is 41.5 Å². The van der Waals surface area contributed by atoms with E-state index in [-0.39, 0.29) is 46.2 Å². The quantitative estimate of drug-likeness (QED) is 0.418. The number of rotatable bonds is 5. The molecule has 0 aromatic heterocycles. The van der Waals surface area contributed by atoms with E-state index in [0.717, 1.165) is 6.07 Å². The molecule has 0 N–H and O–H groups in total. The fraction of sp³-hybridized carbons (Fsp3) is 0.273. The molecule has 1 aliphatic heterocycles. The van der Waals surface area contributed by atoms with E-state index in [4.69, 9.17) is 0 Å². The summed E-state index contributed by atoms with van der Waals surface area (Å²) in [5, 5.41) is -4.21. The molecule has 0 radical (unpaired) electrons. The van der Waals surface area contributed by atoms with Gasteiger partial charge >= 0.3 is 17.4 Å². The molecule has 0 nitrogen and oxygen atoms in total. The topological polar surface area (TPSA) is 0 Å². The second kappa shape index (κ2) is 7.80. The molecular formula is C22H17F7S. The van der Waals surface area contributed by atoms with Gasteiger partial charge in [-0.15, -0.1) is 0 Å². The Balaban J connectivity index is 1.74. The second-order valence-electron chi connectivity index (χ2n) is 7.07. The summed E-state index contributed by atoms with van der Waals surface area (Å²) in [6, 6.07) is 9.34. The maximum Gasteiger partial charge on any atom is 0.416 e. The first-order chi connectivity index (χ1) is 13.8. The summed E-state index contributed by atoms with van der Waals surface area (Å²) in [6.45, 7) is 7.61. The second-order valence-corrected chi connectivity index (χ2v) is 8.23. The molecule has 3 rings (SSSR count). The van der Waals surface area contributed by atoms with Crippen molar-refractivity contribution in [2.24, 2.45) is 0 Å². The van der Waals surface area contributed by atoms with Crippen LogP contribution in [-0.4, -0.2) is 11.2 Å². The number of halogens is 7. The van der Waals surface area contributed by atoms with Crippen LogP contribution in [0.3, 0.4) is 0 Å². The molecule has 0 saturated carbocycles. The zero-order valence-corrected chi connectivity index (χ0v) is 16.4. The van der Waals surface area contributed by atoms with Crippen molar-refractivity contribution in [1.82, 2.24) is 0 Å². The summed E-state index contributed by atoms with van der Waals surface area (Å²) < 4.78 is 93.9. The highest BCUT2D eigenvalue weighted by molar-refractivity contribution is 8.00. The Hall–Kier alpha value is -2.22. The third-order valence-electron chi connectivity index (χ3n) is 4.89. The Labute approximate surface area is 173 Å². The number of thioether (sulfide) groups is 1. The molecular weight excluding hydrogens is 429 g/mol. The van der Waals surface area contributed by atoms with Gasteiger partial charge in [0.1, 0.15) is 0 Å². The summed E-state index contributed by atoms with van der Waals surface area (Å²) in [5.74, 6) is -4.13. The van der Waals surface area contributed by atoms with Crippen LogP contribution in [0, 0.1) is 0 Å². The van der Waals surface area contributed by atoms with Crippen molar-refractivity contribution in [3.8, 4) is 0 Å². The van der Waals surface area contributed by atoms with Gasteiger partial charge in [0.05, 0.1) is 5.56 Å². The summed E-state index contributed by atoms with van der Waals surface area (Å²) in [7, 11) is 0. The lowest BCUT2D eigenvalue weighted by Gasteiger charge is -2.31. The van der Waals surface area contributed by atoms with E-state index >= 15 is 0 Å². The van der Waals surface area contributed by atoms with E-state index in [1.165, 1.54) is 36.4 Å². The van der Waals surface area contributed by atoms with Gasteiger partial charge in [-0.1, -0.05) is 43.5 Å². The minimum Gasteiger partial charge on any atom is -0.198 e. The molecule has 30 heavy (non-hydrogen) atoms. The minimum atomic E-state index is -4.51. The van der Waals surface area contributed by atoms with Gasteiger partial charge in [0.2, 0.25) is 0 Å². The Morgan fingerprint density at radius 1 is 0.933 bits per heavy atom. The molecule has 2 aromatic carbocycles. The SMILES string of the molecule is C=C(CCC(=C)c1ccccc1C(F)(F)F)c1ccc2c(c1)SC(F)(F)C(F)(F)C2. The van der Waals surface area contributed by atoms with E-state index in [1.54, 1.807) is 0 Å². The molecule has 0 fully saturated rings. The molecule has 8 heteroatoms. The van der Waals surface area contributed by atoms with Crippen molar-refractivity contribution in [3.63, 3.8) is 0 Å². The summed E-state index contributed by atoms with van der Waals surface area (Å²) in [6.07, 6.45) is -5.16. The third-order valence-corrected chi connectivity index (χ3v) is 6.05. The minimum absolute atomic E-state index is 0.0133. The van der Waals surface area contributed by atoms with Crippen LogP contribution in [0.1, 0.15) is 35.1 Å². The van der Waals surface area contributed by atoms with Gasteiger partial charge in [0.25, 0.3) is 0 Å².